The van der Waals surface area contributed by atoms with Gasteiger partial charge in [0.1, 0.15) is 0 Å². The predicted octanol–water partition coefficient (Wildman–Crippen LogP) is 16.4. The first-order valence-corrected chi connectivity index (χ1v) is 20.5. The summed E-state index contributed by atoms with van der Waals surface area (Å²) in [6.45, 7) is 0. The van der Waals surface area contributed by atoms with Gasteiger partial charge in [-0.1, -0.05) is 188 Å². The number of nitrogens with zero attached hydrogens (tertiary/aromatic N) is 2. The maximum absolute atomic E-state index is 2.38. The summed E-state index contributed by atoms with van der Waals surface area (Å²) < 4.78 is 0. The van der Waals surface area contributed by atoms with Gasteiger partial charge in [0.25, 0.3) is 0 Å². The molecule has 0 fully saturated rings. The lowest BCUT2D eigenvalue weighted by atomic mass is 10.0. The number of hydrogen-bond donors (Lipinski definition) is 0. The average molecular weight is 767 g/mol. The molecule has 10 aromatic rings. The SMILES string of the molecule is C(=Cc1ccc(-c2ccc(N(c3ccc4ccccc4c3)c3cccc4ccccc34)cc2)cc1)c1ccc(-c2ccc(N(c3ccccc3)c3ccccc3)cc2)cc1. The van der Waals surface area contributed by atoms with Crippen LogP contribution in [0.2, 0.25) is 0 Å². The lowest BCUT2D eigenvalue weighted by Crippen LogP contribution is -2.10. The Morgan fingerprint density at radius 1 is 0.250 bits per heavy atom. The topological polar surface area (TPSA) is 6.48 Å². The normalized spacial score (nSPS) is 11.3. The monoisotopic (exact) mass is 766 g/mol. The molecule has 0 unspecified atom stereocenters. The van der Waals surface area contributed by atoms with Crippen LogP contribution in [0.25, 0.3) is 56.0 Å². The minimum atomic E-state index is 1.12. The van der Waals surface area contributed by atoms with Crippen LogP contribution in [0.4, 0.5) is 34.1 Å². The van der Waals surface area contributed by atoms with Crippen LogP contribution in [0.1, 0.15) is 11.1 Å². The molecule has 0 aliphatic rings. The smallest absolute Gasteiger partial charge is 0.0540 e. The Hall–Kier alpha value is -7.94. The zero-order valence-corrected chi connectivity index (χ0v) is 33.1. The molecule has 284 valence electrons. The van der Waals surface area contributed by atoms with E-state index in [9.17, 15) is 0 Å². The van der Waals surface area contributed by atoms with Gasteiger partial charge in [-0.3, -0.25) is 0 Å². The molecule has 0 N–H and O–H groups in total. The van der Waals surface area contributed by atoms with Crippen molar-refractivity contribution in [3.8, 4) is 22.3 Å². The molecule has 2 nitrogen and oxygen atoms in total. The quantitative estimate of drug-likeness (QED) is 0.128. The second-order valence-electron chi connectivity index (χ2n) is 15.0. The minimum absolute atomic E-state index is 1.12. The Morgan fingerprint density at radius 3 is 1.20 bits per heavy atom. The van der Waals surface area contributed by atoms with Crippen molar-refractivity contribution in [1.29, 1.82) is 0 Å². The maximum Gasteiger partial charge on any atom is 0.0540 e. The number of para-hydroxylation sites is 2. The fourth-order valence-corrected chi connectivity index (χ4v) is 8.12. The Labute approximate surface area is 352 Å². The highest BCUT2D eigenvalue weighted by molar-refractivity contribution is 6.00. The first kappa shape index (κ1) is 36.4. The average Bonchev–Trinajstić information content (AvgIpc) is 3.33. The molecule has 10 rings (SSSR count). The van der Waals surface area contributed by atoms with Crippen molar-refractivity contribution in [3.63, 3.8) is 0 Å². The first-order valence-electron chi connectivity index (χ1n) is 20.5. The molecule has 0 amide bonds. The summed E-state index contributed by atoms with van der Waals surface area (Å²) in [5, 5.41) is 4.90. The Morgan fingerprint density at radius 2 is 0.650 bits per heavy atom. The van der Waals surface area contributed by atoms with Crippen molar-refractivity contribution in [2.24, 2.45) is 0 Å². The molecule has 0 aliphatic heterocycles. The third kappa shape index (κ3) is 7.58. The van der Waals surface area contributed by atoms with Crippen LogP contribution in [0, 0.1) is 0 Å². The fourth-order valence-electron chi connectivity index (χ4n) is 8.12. The van der Waals surface area contributed by atoms with E-state index in [2.05, 4.69) is 265 Å². The van der Waals surface area contributed by atoms with Gasteiger partial charge in [0, 0.05) is 33.8 Å². The fraction of sp³-hybridized carbons (Fsp3) is 0. The zero-order chi connectivity index (χ0) is 40.1. The van der Waals surface area contributed by atoms with E-state index in [1.807, 2.05) is 0 Å². The molecule has 0 radical (unpaired) electrons. The molecular formula is C58H42N2. The molecule has 0 aromatic heterocycles. The Kier molecular flexibility index (Phi) is 10.0. The van der Waals surface area contributed by atoms with Crippen molar-refractivity contribution in [2.45, 2.75) is 0 Å². The number of hydrogen-bond acceptors (Lipinski definition) is 2. The van der Waals surface area contributed by atoms with Gasteiger partial charge in [-0.25, -0.2) is 0 Å². The van der Waals surface area contributed by atoms with E-state index in [0.717, 1.165) is 45.3 Å². The van der Waals surface area contributed by atoms with Crippen LogP contribution in [-0.4, -0.2) is 0 Å². The van der Waals surface area contributed by atoms with Crippen molar-refractivity contribution < 1.29 is 0 Å². The van der Waals surface area contributed by atoms with E-state index in [4.69, 9.17) is 0 Å². The van der Waals surface area contributed by atoms with E-state index >= 15 is 0 Å². The predicted molar refractivity (Wildman–Crippen MR) is 257 cm³/mol. The highest BCUT2D eigenvalue weighted by Gasteiger charge is 2.16. The molecule has 0 saturated carbocycles. The van der Waals surface area contributed by atoms with E-state index in [1.54, 1.807) is 0 Å². The number of rotatable bonds is 10. The minimum Gasteiger partial charge on any atom is -0.311 e. The summed E-state index contributed by atoms with van der Waals surface area (Å²) in [6, 6.07) is 86.9. The second kappa shape index (κ2) is 16.5. The molecule has 0 atom stereocenters. The van der Waals surface area contributed by atoms with Crippen LogP contribution in [0.15, 0.2) is 243 Å². The second-order valence-corrected chi connectivity index (χ2v) is 15.0. The molecular weight excluding hydrogens is 725 g/mol. The Balaban J connectivity index is 0.848. The van der Waals surface area contributed by atoms with Crippen LogP contribution in [0.5, 0.6) is 0 Å². The third-order valence-corrected chi connectivity index (χ3v) is 11.2. The van der Waals surface area contributed by atoms with E-state index in [-0.39, 0.29) is 0 Å². The van der Waals surface area contributed by atoms with Crippen molar-refractivity contribution >= 4 is 67.8 Å². The molecule has 0 bridgehead atoms. The van der Waals surface area contributed by atoms with Crippen LogP contribution in [-0.2, 0) is 0 Å². The lowest BCUT2D eigenvalue weighted by molar-refractivity contribution is 1.28. The zero-order valence-electron chi connectivity index (χ0n) is 33.1. The molecule has 2 heteroatoms. The summed E-state index contributed by atoms with van der Waals surface area (Å²) in [6.07, 6.45) is 4.37. The molecule has 0 aliphatic carbocycles. The van der Waals surface area contributed by atoms with Crippen LogP contribution < -0.4 is 9.80 Å². The molecule has 0 heterocycles. The largest absolute Gasteiger partial charge is 0.311 e. The van der Waals surface area contributed by atoms with E-state index < -0.39 is 0 Å². The maximum atomic E-state index is 2.38. The van der Waals surface area contributed by atoms with Crippen molar-refractivity contribution in [1.82, 2.24) is 0 Å². The van der Waals surface area contributed by atoms with Gasteiger partial charge in [-0.2, -0.15) is 0 Å². The molecule has 10 aromatic carbocycles. The van der Waals surface area contributed by atoms with E-state index in [1.165, 1.54) is 43.8 Å². The highest BCUT2D eigenvalue weighted by Crippen LogP contribution is 2.41. The molecule has 60 heavy (non-hydrogen) atoms. The summed E-state index contributed by atoms with van der Waals surface area (Å²) in [5.41, 5.74) is 13.9. The van der Waals surface area contributed by atoms with E-state index in [0.29, 0.717) is 0 Å². The number of fused-ring (bicyclic) bond motifs is 2. The lowest BCUT2D eigenvalue weighted by Gasteiger charge is -2.27. The number of anilines is 6. The van der Waals surface area contributed by atoms with Gasteiger partial charge in [0.2, 0.25) is 0 Å². The van der Waals surface area contributed by atoms with Gasteiger partial charge in [0.15, 0.2) is 0 Å². The Bertz CT molecular complexity index is 3000. The number of benzene rings is 10. The highest BCUT2D eigenvalue weighted by atomic mass is 15.1. The molecule has 0 spiro atoms. The molecule has 0 saturated heterocycles. The van der Waals surface area contributed by atoms with Crippen molar-refractivity contribution in [2.75, 3.05) is 9.80 Å². The summed E-state index contributed by atoms with van der Waals surface area (Å²) >= 11 is 0. The van der Waals surface area contributed by atoms with Crippen LogP contribution >= 0.6 is 0 Å². The van der Waals surface area contributed by atoms with Crippen molar-refractivity contribution in [3.05, 3.63) is 254 Å². The first-order chi connectivity index (χ1) is 29.7. The van der Waals surface area contributed by atoms with Gasteiger partial charge in [-0.15, -0.1) is 0 Å². The summed E-state index contributed by atoms with van der Waals surface area (Å²) in [4.78, 5) is 4.66. The van der Waals surface area contributed by atoms with Gasteiger partial charge in [0.05, 0.1) is 5.69 Å². The summed E-state index contributed by atoms with van der Waals surface area (Å²) in [5.74, 6) is 0. The summed E-state index contributed by atoms with van der Waals surface area (Å²) in [7, 11) is 0. The van der Waals surface area contributed by atoms with Crippen LogP contribution in [0.3, 0.4) is 0 Å². The standard InChI is InChI=1S/C58H42N2/c1-3-16-52(17-4-1)59(53-18-5-2-6-19-53)54-37-32-48(33-38-54)46-28-24-43(25-29-46)22-23-44-26-30-47(31-27-44)49-34-39-55(40-35-49)60(56-41-36-45-12-7-8-14-51(45)42-56)58-21-11-15-50-13-9-10-20-57(50)58/h1-42H. The van der Waals surface area contributed by atoms with Gasteiger partial charge in [-0.05, 0) is 116 Å². The van der Waals surface area contributed by atoms with Gasteiger partial charge >= 0.3 is 0 Å². The van der Waals surface area contributed by atoms with Gasteiger partial charge < -0.3 is 9.80 Å². The third-order valence-electron chi connectivity index (χ3n) is 11.2.